The fourth-order valence-electron chi connectivity index (χ4n) is 3.51. The predicted molar refractivity (Wildman–Crippen MR) is 99.6 cm³/mol. The van der Waals surface area contributed by atoms with Gasteiger partial charge in [-0.25, -0.2) is 0 Å². The Morgan fingerprint density at radius 2 is 2.20 bits per heavy atom. The first-order chi connectivity index (χ1) is 12.1. The molecule has 0 amide bonds. The first-order valence-corrected chi connectivity index (χ1v) is 8.72. The fraction of sp³-hybridized carbons (Fsp3) is 0.474. The third-order valence-corrected chi connectivity index (χ3v) is 4.89. The van der Waals surface area contributed by atoms with Gasteiger partial charge in [-0.2, -0.15) is 0 Å². The number of H-pyrrole nitrogens is 1. The Kier molecular flexibility index (Phi) is 5.26. The first kappa shape index (κ1) is 17.3. The third-order valence-electron chi connectivity index (χ3n) is 4.89. The monoisotopic (exact) mass is 342 g/mol. The van der Waals surface area contributed by atoms with Crippen molar-refractivity contribution in [2.45, 2.75) is 13.3 Å². The number of carbonyl (C=O) groups is 1. The maximum atomic E-state index is 11.9. The van der Waals surface area contributed by atoms with Crippen LogP contribution in [-0.4, -0.2) is 55.6 Å². The van der Waals surface area contributed by atoms with E-state index in [0.717, 1.165) is 31.0 Å². The van der Waals surface area contributed by atoms with Gasteiger partial charge in [-0.15, -0.1) is 0 Å². The van der Waals surface area contributed by atoms with Crippen molar-refractivity contribution in [2.24, 2.45) is 16.8 Å². The highest BCUT2D eigenvalue weighted by Crippen LogP contribution is 2.24. The van der Waals surface area contributed by atoms with Crippen LogP contribution < -0.4 is 5.32 Å². The lowest BCUT2D eigenvalue weighted by atomic mass is 9.99. The quantitative estimate of drug-likeness (QED) is 0.507. The summed E-state index contributed by atoms with van der Waals surface area (Å²) in [5.74, 6) is 0.884. The first-order valence-electron chi connectivity index (χ1n) is 8.72. The molecule has 0 saturated carbocycles. The van der Waals surface area contributed by atoms with Crippen LogP contribution in [0.5, 0.6) is 0 Å². The molecule has 2 unspecified atom stereocenters. The number of fused-ring (bicyclic) bond motifs is 1. The number of aromatic nitrogens is 1. The van der Waals surface area contributed by atoms with Crippen LogP contribution in [0.15, 0.2) is 35.3 Å². The lowest BCUT2D eigenvalue weighted by Gasteiger charge is -2.21. The number of methoxy groups -OCH3 is 1. The normalized spacial score (nSPS) is 20.9. The Morgan fingerprint density at radius 3 is 2.92 bits per heavy atom. The predicted octanol–water partition coefficient (Wildman–Crippen LogP) is 2.03. The lowest BCUT2D eigenvalue weighted by molar-refractivity contribution is -0.145. The van der Waals surface area contributed by atoms with Gasteiger partial charge >= 0.3 is 5.97 Å². The Balaban J connectivity index is 1.55. The number of benzene rings is 1. The SMILES string of the molecule is CN=C(NCCc1cc2ccccc2[nH]1)N1CC(C)C(C(=O)OC)C1. The zero-order valence-electron chi connectivity index (χ0n) is 15.1. The van der Waals surface area contributed by atoms with Crippen LogP contribution in [0.25, 0.3) is 10.9 Å². The average Bonchev–Trinajstić information content (AvgIpc) is 3.21. The molecule has 3 rings (SSSR count). The van der Waals surface area contributed by atoms with E-state index < -0.39 is 0 Å². The van der Waals surface area contributed by atoms with Gasteiger partial charge in [0.1, 0.15) is 0 Å². The van der Waals surface area contributed by atoms with Gasteiger partial charge in [0.15, 0.2) is 5.96 Å². The van der Waals surface area contributed by atoms with Crippen LogP contribution in [0.3, 0.4) is 0 Å². The maximum absolute atomic E-state index is 11.9. The number of aliphatic imine (C=N–C) groups is 1. The molecule has 2 atom stereocenters. The molecule has 6 nitrogen and oxygen atoms in total. The number of nitrogens with one attached hydrogen (secondary N) is 2. The highest BCUT2D eigenvalue weighted by molar-refractivity contribution is 5.82. The Morgan fingerprint density at radius 1 is 1.40 bits per heavy atom. The number of ether oxygens (including phenoxy) is 1. The number of likely N-dealkylation sites (tertiary alicyclic amines) is 1. The molecule has 25 heavy (non-hydrogen) atoms. The Bertz CT molecular complexity index is 735. The molecule has 0 radical (unpaired) electrons. The van der Waals surface area contributed by atoms with Crippen molar-refractivity contribution >= 4 is 22.8 Å². The molecular formula is C19H26N4O2. The van der Waals surface area contributed by atoms with E-state index in [1.54, 1.807) is 7.05 Å². The second-order valence-corrected chi connectivity index (χ2v) is 6.62. The minimum absolute atomic E-state index is 0.0859. The van der Waals surface area contributed by atoms with E-state index in [4.69, 9.17) is 4.74 Å². The van der Waals surface area contributed by atoms with E-state index in [2.05, 4.69) is 45.3 Å². The third kappa shape index (κ3) is 3.78. The van der Waals surface area contributed by atoms with Gasteiger partial charge in [0.25, 0.3) is 0 Å². The van der Waals surface area contributed by atoms with Gasteiger partial charge in [0.2, 0.25) is 0 Å². The van der Waals surface area contributed by atoms with Crippen molar-refractivity contribution in [1.82, 2.24) is 15.2 Å². The van der Waals surface area contributed by atoms with Crippen LogP contribution in [0.4, 0.5) is 0 Å². The standard InChI is InChI=1S/C19H26N4O2/c1-13-11-23(12-16(13)18(24)25-3)19(20-2)21-9-8-15-10-14-6-4-5-7-17(14)22-15/h4-7,10,13,16,22H,8-9,11-12H2,1-3H3,(H,20,21). The fourth-order valence-corrected chi connectivity index (χ4v) is 3.51. The minimum atomic E-state index is -0.136. The lowest BCUT2D eigenvalue weighted by Crippen LogP contribution is -2.41. The number of aromatic amines is 1. The smallest absolute Gasteiger partial charge is 0.310 e. The van der Waals surface area contributed by atoms with Crippen LogP contribution in [-0.2, 0) is 16.0 Å². The molecule has 1 aliphatic rings. The molecule has 2 N–H and O–H groups in total. The second kappa shape index (κ2) is 7.59. The number of esters is 1. The van der Waals surface area contributed by atoms with Gasteiger partial charge in [-0.3, -0.25) is 9.79 Å². The highest BCUT2D eigenvalue weighted by Gasteiger charge is 2.36. The largest absolute Gasteiger partial charge is 0.469 e. The molecule has 0 bridgehead atoms. The molecule has 6 heteroatoms. The highest BCUT2D eigenvalue weighted by atomic mass is 16.5. The van der Waals surface area contributed by atoms with Crippen LogP contribution >= 0.6 is 0 Å². The molecule has 2 aromatic rings. The Labute approximate surface area is 148 Å². The summed E-state index contributed by atoms with van der Waals surface area (Å²) in [6, 6.07) is 10.5. The summed E-state index contributed by atoms with van der Waals surface area (Å²) in [4.78, 5) is 21.8. The van der Waals surface area contributed by atoms with Crippen molar-refractivity contribution in [3.63, 3.8) is 0 Å². The van der Waals surface area contributed by atoms with E-state index in [1.165, 1.54) is 18.2 Å². The Hall–Kier alpha value is -2.50. The van der Waals surface area contributed by atoms with E-state index in [1.807, 2.05) is 12.1 Å². The molecule has 134 valence electrons. The number of rotatable bonds is 4. The van der Waals surface area contributed by atoms with Gasteiger partial charge in [0, 0.05) is 44.3 Å². The minimum Gasteiger partial charge on any atom is -0.469 e. The molecule has 1 fully saturated rings. The number of hydrogen-bond donors (Lipinski definition) is 2. The summed E-state index contributed by atoms with van der Waals surface area (Å²) in [5.41, 5.74) is 2.36. The van der Waals surface area contributed by atoms with E-state index in [0.29, 0.717) is 6.54 Å². The zero-order valence-corrected chi connectivity index (χ0v) is 15.1. The average molecular weight is 342 g/mol. The molecule has 1 aromatic heterocycles. The number of para-hydroxylation sites is 1. The van der Waals surface area contributed by atoms with Gasteiger partial charge in [-0.1, -0.05) is 25.1 Å². The second-order valence-electron chi connectivity index (χ2n) is 6.62. The van der Waals surface area contributed by atoms with Gasteiger partial charge < -0.3 is 19.9 Å². The van der Waals surface area contributed by atoms with Crippen molar-refractivity contribution in [1.29, 1.82) is 0 Å². The zero-order chi connectivity index (χ0) is 17.8. The van der Waals surface area contributed by atoms with Crippen LogP contribution in [0.1, 0.15) is 12.6 Å². The van der Waals surface area contributed by atoms with Crippen molar-refractivity contribution in [2.75, 3.05) is 33.8 Å². The molecule has 1 aliphatic heterocycles. The number of guanidine groups is 1. The van der Waals surface area contributed by atoms with Crippen molar-refractivity contribution in [3.05, 3.63) is 36.0 Å². The summed E-state index contributed by atoms with van der Waals surface area (Å²) < 4.78 is 4.90. The van der Waals surface area contributed by atoms with Gasteiger partial charge in [-0.05, 0) is 23.4 Å². The molecule has 1 saturated heterocycles. The summed E-state index contributed by atoms with van der Waals surface area (Å²) in [6.07, 6.45) is 0.886. The molecule has 2 heterocycles. The summed E-state index contributed by atoms with van der Waals surface area (Å²) in [5, 5.41) is 4.64. The van der Waals surface area contributed by atoms with Crippen LogP contribution in [0, 0.1) is 11.8 Å². The molecular weight excluding hydrogens is 316 g/mol. The number of nitrogens with zero attached hydrogens (tertiary/aromatic N) is 2. The topological polar surface area (TPSA) is 69.7 Å². The maximum Gasteiger partial charge on any atom is 0.310 e. The van der Waals surface area contributed by atoms with Crippen molar-refractivity contribution in [3.8, 4) is 0 Å². The summed E-state index contributed by atoms with van der Waals surface area (Å²) in [6.45, 7) is 4.33. The number of hydrogen-bond acceptors (Lipinski definition) is 3. The van der Waals surface area contributed by atoms with Crippen molar-refractivity contribution < 1.29 is 9.53 Å². The molecule has 1 aromatic carbocycles. The van der Waals surface area contributed by atoms with E-state index >= 15 is 0 Å². The molecule has 0 aliphatic carbocycles. The van der Waals surface area contributed by atoms with Gasteiger partial charge in [0.05, 0.1) is 13.0 Å². The molecule has 0 spiro atoms. The summed E-state index contributed by atoms with van der Waals surface area (Å²) in [7, 11) is 3.23. The summed E-state index contributed by atoms with van der Waals surface area (Å²) >= 11 is 0. The van der Waals surface area contributed by atoms with E-state index in [-0.39, 0.29) is 17.8 Å². The van der Waals surface area contributed by atoms with Crippen LogP contribution in [0.2, 0.25) is 0 Å². The number of carbonyl (C=O) groups excluding carboxylic acids is 1. The van der Waals surface area contributed by atoms with E-state index in [9.17, 15) is 4.79 Å².